The Morgan fingerprint density at radius 2 is 1.81 bits per heavy atom. The first-order valence-corrected chi connectivity index (χ1v) is 10.7. The molecule has 32 heavy (non-hydrogen) atoms. The van der Waals surface area contributed by atoms with Crippen LogP contribution in [0.25, 0.3) is 0 Å². The molecule has 0 spiro atoms. The Bertz CT molecular complexity index is 1020. The first-order chi connectivity index (χ1) is 15.2. The Labute approximate surface area is 184 Å². The fourth-order valence-electron chi connectivity index (χ4n) is 3.91. The van der Waals surface area contributed by atoms with Gasteiger partial charge in [0.2, 0.25) is 11.8 Å². The molecule has 1 aromatic carbocycles. The quantitative estimate of drug-likeness (QED) is 0.703. The zero-order valence-electron chi connectivity index (χ0n) is 17.7. The number of halogens is 3. The Balaban J connectivity index is 1.46. The van der Waals surface area contributed by atoms with Crippen LogP contribution in [0.3, 0.4) is 0 Å². The average Bonchev–Trinajstić information content (AvgIpc) is 3.61. The molecular formula is C23H25F3N4O2. The molecule has 0 bridgehead atoms. The maximum atomic E-state index is 13.4. The fourth-order valence-corrected chi connectivity index (χ4v) is 3.91. The van der Waals surface area contributed by atoms with Gasteiger partial charge in [-0.2, -0.15) is 13.2 Å². The number of alkyl halides is 3. The standard InChI is InChI=1S/C23H25F3N4O2/c1-14-6-9-17(28-21(31)15-7-8-15)12-19(14)29-22(32)16-4-3-11-30(13-16)20-18(23(24,25)26)5-2-10-27-20/h2,5-6,9-10,12,15-16H,3-4,7-8,11,13H2,1H3,(H,28,31)(H,29,32). The number of piperidine rings is 1. The number of pyridine rings is 1. The lowest BCUT2D eigenvalue weighted by Gasteiger charge is -2.34. The SMILES string of the molecule is Cc1ccc(NC(=O)C2CC2)cc1NC(=O)C1CCCN(c2ncccc2C(F)(F)F)C1. The van der Waals surface area contributed by atoms with Crippen LogP contribution < -0.4 is 15.5 Å². The monoisotopic (exact) mass is 446 g/mol. The van der Waals surface area contributed by atoms with Crippen LogP contribution in [-0.2, 0) is 15.8 Å². The van der Waals surface area contributed by atoms with Crippen LogP contribution in [0.2, 0.25) is 0 Å². The van der Waals surface area contributed by atoms with Crippen LogP contribution >= 0.6 is 0 Å². The number of nitrogens with one attached hydrogen (secondary N) is 2. The second kappa shape index (κ2) is 8.80. The zero-order chi connectivity index (χ0) is 22.9. The molecule has 1 saturated carbocycles. The topological polar surface area (TPSA) is 74.3 Å². The molecule has 1 aliphatic carbocycles. The molecule has 2 heterocycles. The second-order valence-corrected chi connectivity index (χ2v) is 8.44. The number of aromatic nitrogens is 1. The van der Waals surface area contributed by atoms with E-state index in [9.17, 15) is 22.8 Å². The minimum Gasteiger partial charge on any atom is -0.355 e. The smallest absolute Gasteiger partial charge is 0.355 e. The van der Waals surface area contributed by atoms with Gasteiger partial charge in [0.1, 0.15) is 5.82 Å². The molecule has 6 nitrogen and oxygen atoms in total. The Kier molecular flexibility index (Phi) is 6.08. The summed E-state index contributed by atoms with van der Waals surface area (Å²) in [5.74, 6) is -0.831. The van der Waals surface area contributed by atoms with Crippen molar-refractivity contribution >= 4 is 29.0 Å². The highest BCUT2D eigenvalue weighted by molar-refractivity contribution is 5.97. The molecule has 0 radical (unpaired) electrons. The molecule has 1 aromatic heterocycles. The third-order valence-electron chi connectivity index (χ3n) is 5.89. The van der Waals surface area contributed by atoms with Crippen molar-refractivity contribution in [3.05, 3.63) is 47.7 Å². The molecule has 4 rings (SSSR count). The van der Waals surface area contributed by atoms with E-state index in [1.165, 1.54) is 17.2 Å². The van der Waals surface area contributed by atoms with Gasteiger partial charge in [0.25, 0.3) is 0 Å². The molecule has 2 aliphatic rings. The number of amides is 2. The highest BCUT2D eigenvalue weighted by atomic mass is 19.4. The molecule has 2 fully saturated rings. The zero-order valence-corrected chi connectivity index (χ0v) is 17.7. The number of nitrogens with zero attached hydrogens (tertiary/aromatic N) is 2. The lowest BCUT2D eigenvalue weighted by atomic mass is 9.96. The summed E-state index contributed by atoms with van der Waals surface area (Å²) in [6.45, 7) is 2.41. The van der Waals surface area contributed by atoms with E-state index in [1.54, 1.807) is 12.1 Å². The van der Waals surface area contributed by atoms with E-state index in [4.69, 9.17) is 0 Å². The first-order valence-electron chi connectivity index (χ1n) is 10.7. The van der Waals surface area contributed by atoms with Crippen LogP contribution in [0.15, 0.2) is 36.5 Å². The molecule has 1 unspecified atom stereocenters. The maximum Gasteiger partial charge on any atom is 0.419 e. The molecule has 9 heteroatoms. The number of aryl methyl sites for hydroxylation is 1. The minimum absolute atomic E-state index is 0.0233. The van der Waals surface area contributed by atoms with Crippen LogP contribution in [0, 0.1) is 18.8 Å². The largest absolute Gasteiger partial charge is 0.419 e. The van der Waals surface area contributed by atoms with Gasteiger partial charge in [-0.1, -0.05) is 6.07 Å². The third-order valence-corrected chi connectivity index (χ3v) is 5.89. The van der Waals surface area contributed by atoms with Crippen molar-refractivity contribution in [2.45, 2.75) is 38.8 Å². The summed E-state index contributed by atoms with van der Waals surface area (Å²) in [6, 6.07) is 7.59. The summed E-state index contributed by atoms with van der Waals surface area (Å²) in [5.41, 5.74) is 1.22. The molecule has 2 amide bonds. The van der Waals surface area contributed by atoms with Gasteiger partial charge < -0.3 is 15.5 Å². The van der Waals surface area contributed by atoms with Gasteiger partial charge in [-0.3, -0.25) is 9.59 Å². The average molecular weight is 446 g/mol. The highest BCUT2D eigenvalue weighted by Crippen LogP contribution is 2.36. The van der Waals surface area contributed by atoms with Gasteiger partial charge in [-0.15, -0.1) is 0 Å². The molecule has 170 valence electrons. The lowest BCUT2D eigenvalue weighted by Crippen LogP contribution is -2.42. The van der Waals surface area contributed by atoms with Gasteiger partial charge in [-0.25, -0.2) is 4.98 Å². The van der Waals surface area contributed by atoms with E-state index >= 15 is 0 Å². The molecule has 1 aliphatic heterocycles. The fraction of sp³-hybridized carbons (Fsp3) is 0.435. The Morgan fingerprint density at radius 3 is 2.53 bits per heavy atom. The summed E-state index contributed by atoms with van der Waals surface area (Å²) in [5, 5.41) is 5.76. The number of hydrogen-bond acceptors (Lipinski definition) is 4. The van der Waals surface area contributed by atoms with Crippen LogP contribution in [0.4, 0.5) is 30.4 Å². The van der Waals surface area contributed by atoms with Crippen molar-refractivity contribution in [1.29, 1.82) is 0 Å². The van der Waals surface area contributed by atoms with E-state index in [1.807, 2.05) is 13.0 Å². The summed E-state index contributed by atoms with van der Waals surface area (Å²) in [7, 11) is 0. The molecule has 2 N–H and O–H groups in total. The van der Waals surface area contributed by atoms with Crippen molar-refractivity contribution in [3.8, 4) is 0 Å². The Hall–Kier alpha value is -3.10. The summed E-state index contributed by atoms with van der Waals surface area (Å²) in [4.78, 5) is 30.5. The van der Waals surface area contributed by atoms with E-state index in [2.05, 4.69) is 15.6 Å². The van der Waals surface area contributed by atoms with E-state index in [0.29, 0.717) is 30.8 Å². The minimum atomic E-state index is -4.51. The number of anilines is 3. The predicted molar refractivity (Wildman–Crippen MR) is 115 cm³/mol. The molecule has 1 atom stereocenters. The van der Waals surface area contributed by atoms with Crippen LogP contribution in [0.1, 0.15) is 36.8 Å². The highest BCUT2D eigenvalue weighted by Gasteiger charge is 2.37. The normalized spacial score (nSPS) is 18.9. The van der Waals surface area contributed by atoms with Gasteiger partial charge in [-0.05, 0) is 62.4 Å². The van der Waals surface area contributed by atoms with Crippen molar-refractivity contribution in [3.63, 3.8) is 0 Å². The van der Waals surface area contributed by atoms with E-state index in [-0.39, 0.29) is 30.1 Å². The molecule has 2 aromatic rings. The second-order valence-electron chi connectivity index (χ2n) is 8.44. The van der Waals surface area contributed by atoms with Crippen LogP contribution in [0.5, 0.6) is 0 Å². The van der Waals surface area contributed by atoms with Crippen molar-refractivity contribution in [1.82, 2.24) is 4.98 Å². The van der Waals surface area contributed by atoms with E-state index < -0.39 is 17.7 Å². The summed E-state index contributed by atoms with van der Waals surface area (Å²) < 4.78 is 40.2. The van der Waals surface area contributed by atoms with Crippen LogP contribution in [-0.4, -0.2) is 29.9 Å². The summed E-state index contributed by atoms with van der Waals surface area (Å²) >= 11 is 0. The molecular weight excluding hydrogens is 421 g/mol. The summed E-state index contributed by atoms with van der Waals surface area (Å²) in [6.07, 6.45) is -0.228. The predicted octanol–water partition coefficient (Wildman–Crippen LogP) is 4.61. The number of rotatable bonds is 5. The van der Waals surface area contributed by atoms with Gasteiger partial charge in [0.05, 0.1) is 11.5 Å². The number of carbonyl (C=O) groups excluding carboxylic acids is 2. The number of hydrogen-bond donors (Lipinski definition) is 2. The Morgan fingerprint density at radius 1 is 1.06 bits per heavy atom. The van der Waals surface area contributed by atoms with Crippen molar-refractivity contribution in [2.24, 2.45) is 11.8 Å². The van der Waals surface area contributed by atoms with E-state index in [0.717, 1.165) is 24.5 Å². The number of benzene rings is 1. The van der Waals surface area contributed by atoms with Gasteiger partial charge in [0.15, 0.2) is 0 Å². The maximum absolute atomic E-state index is 13.4. The lowest BCUT2D eigenvalue weighted by molar-refractivity contribution is -0.137. The van der Waals surface area contributed by atoms with Crippen molar-refractivity contribution in [2.75, 3.05) is 28.6 Å². The number of carbonyl (C=O) groups is 2. The van der Waals surface area contributed by atoms with Gasteiger partial charge in [0, 0.05) is 36.6 Å². The first kappa shape index (κ1) is 22.1. The van der Waals surface area contributed by atoms with Crippen molar-refractivity contribution < 1.29 is 22.8 Å². The third kappa shape index (κ3) is 5.03. The van der Waals surface area contributed by atoms with Gasteiger partial charge >= 0.3 is 6.18 Å². The molecule has 1 saturated heterocycles.